The summed E-state index contributed by atoms with van der Waals surface area (Å²) in [6.45, 7) is 0. The Morgan fingerprint density at radius 2 is 1.26 bits per heavy atom. The van der Waals surface area contributed by atoms with Crippen LogP contribution in [0.4, 0.5) is 0 Å². The maximum atomic E-state index is 5.36. The lowest BCUT2D eigenvalue weighted by molar-refractivity contribution is 0.885. The number of thiophene rings is 1. The maximum absolute atomic E-state index is 5.36. The predicted molar refractivity (Wildman–Crippen MR) is 208 cm³/mol. The number of nitrogens with zero attached hydrogens (tertiary/aromatic N) is 4. The normalized spacial score (nSPS) is 16.4. The van der Waals surface area contributed by atoms with E-state index in [0.717, 1.165) is 66.8 Å². The number of thioether (sulfide) groups is 1. The average Bonchev–Trinajstić information content (AvgIpc) is 3.77. The molecule has 2 aliphatic rings. The second-order valence-electron chi connectivity index (χ2n) is 12.5. The van der Waals surface area contributed by atoms with Gasteiger partial charge in [-0.3, -0.25) is 0 Å². The van der Waals surface area contributed by atoms with E-state index in [-0.39, 0.29) is 11.2 Å². The highest BCUT2D eigenvalue weighted by Gasteiger charge is 2.39. The van der Waals surface area contributed by atoms with Gasteiger partial charge in [-0.2, -0.15) is 0 Å². The number of benzene rings is 5. The van der Waals surface area contributed by atoms with Crippen molar-refractivity contribution < 1.29 is 0 Å². The first-order valence-corrected chi connectivity index (χ1v) is 18.4. The molecule has 0 saturated heterocycles. The van der Waals surface area contributed by atoms with E-state index >= 15 is 0 Å². The smallest absolute Gasteiger partial charge is 0.160 e. The van der Waals surface area contributed by atoms with Gasteiger partial charge in [-0.15, -0.1) is 23.1 Å². The molecule has 8 aromatic rings. The first kappa shape index (κ1) is 29.2. The van der Waals surface area contributed by atoms with Gasteiger partial charge in [-0.1, -0.05) is 146 Å². The van der Waals surface area contributed by atoms with Crippen LogP contribution in [0.5, 0.6) is 0 Å². The Kier molecular flexibility index (Phi) is 7.03. The summed E-state index contributed by atoms with van der Waals surface area (Å²) in [6.07, 6.45) is 6.73. The van der Waals surface area contributed by atoms with Crippen LogP contribution in [0.15, 0.2) is 163 Å². The van der Waals surface area contributed by atoms with Gasteiger partial charge >= 0.3 is 0 Å². The molecule has 1 aliphatic heterocycles. The van der Waals surface area contributed by atoms with E-state index in [0.29, 0.717) is 0 Å². The maximum Gasteiger partial charge on any atom is 0.160 e. The SMILES string of the molecule is C1=CC2Sc3c(-c4cc(-c5ccccc5)nc(-c5ccccc5)n4)cccc3C2C(c2nc(-c3ccccc3)c3sc4ccccc4c3n2)=C1. The molecule has 2 atom stereocenters. The molecule has 5 aromatic carbocycles. The summed E-state index contributed by atoms with van der Waals surface area (Å²) < 4.78 is 2.35. The van der Waals surface area contributed by atoms with Crippen LogP contribution in [0.3, 0.4) is 0 Å². The molecule has 4 heterocycles. The number of fused-ring (bicyclic) bond motifs is 6. The van der Waals surface area contributed by atoms with Crippen molar-refractivity contribution in [1.82, 2.24) is 19.9 Å². The van der Waals surface area contributed by atoms with Crippen molar-refractivity contribution >= 4 is 49.0 Å². The zero-order valence-corrected chi connectivity index (χ0v) is 28.4. The minimum Gasteiger partial charge on any atom is -0.228 e. The average molecular weight is 677 g/mol. The van der Waals surface area contributed by atoms with E-state index < -0.39 is 0 Å². The molecule has 0 saturated carbocycles. The Hall–Kier alpha value is -5.69. The molecule has 0 fully saturated rings. The second kappa shape index (κ2) is 12.0. The summed E-state index contributed by atoms with van der Waals surface area (Å²) in [5.74, 6) is 1.62. The molecule has 0 spiro atoms. The summed E-state index contributed by atoms with van der Waals surface area (Å²) in [6, 6.07) is 48.5. The van der Waals surface area contributed by atoms with Crippen molar-refractivity contribution in [2.45, 2.75) is 16.1 Å². The van der Waals surface area contributed by atoms with Crippen LogP contribution >= 0.6 is 23.1 Å². The van der Waals surface area contributed by atoms with Crippen molar-refractivity contribution in [3.8, 4) is 45.2 Å². The molecule has 3 aromatic heterocycles. The molecule has 10 rings (SSSR count). The highest BCUT2D eigenvalue weighted by molar-refractivity contribution is 8.00. The Labute approximate surface area is 298 Å². The molecule has 4 nitrogen and oxygen atoms in total. The minimum absolute atomic E-state index is 0.106. The summed E-state index contributed by atoms with van der Waals surface area (Å²) in [4.78, 5) is 22.2. The van der Waals surface area contributed by atoms with Gasteiger partial charge in [0.25, 0.3) is 0 Å². The number of rotatable bonds is 5. The fraction of sp³-hybridized carbons (Fsp3) is 0.0455. The van der Waals surface area contributed by atoms with E-state index in [1.807, 2.05) is 36.0 Å². The van der Waals surface area contributed by atoms with E-state index in [1.165, 1.54) is 20.5 Å². The zero-order chi connectivity index (χ0) is 33.0. The quantitative estimate of drug-likeness (QED) is 0.182. The van der Waals surface area contributed by atoms with Crippen molar-refractivity contribution in [3.63, 3.8) is 0 Å². The molecule has 6 heteroatoms. The molecule has 0 bridgehead atoms. The zero-order valence-electron chi connectivity index (χ0n) is 26.8. The van der Waals surface area contributed by atoms with Gasteiger partial charge in [0.05, 0.1) is 27.3 Å². The third-order valence-corrected chi connectivity index (χ3v) is 12.1. The lowest BCUT2D eigenvalue weighted by atomic mass is 9.84. The third-order valence-electron chi connectivity index (χ3n) is 9.50. The largest absolute Gasteiger partial charge is 0.228 e. The van der Waals surface area contributed by atoms with Gasteiger partial charge < -0.3 is 0 Å². The fourth-order valence-electron chi connectivity index (χ4n) is 7.17. The van der Waals surface area contributed by atoms with Gasteiger partial charge in [0, 0.05) is 54.0 Å². The van der Waals surface area contributed by atoms with Crippen molar-refractivity contribution in [2.24, 2.45) is 0 Å². The lowest BCUT2D eigenvalue weighted by Gasteiger charge is -2.23. The van der Waals surface area contributed by atoms with E-state index in [4.69, 9.17) is 19.9 Å². The molecule has 0 radical (unpaired) electrons. The Morgan fingerprint density at radius 3 is 2.06 bits per heavy atom. The second-order valence-corrected chi connectivity index (χ2v) is 14.8. The Morgan fingerprint density at radius 1 is 0.560 bits per heavy atom. The summed E-state index contributed by atoms with van der Waals surface area (Å²) >= 11 is 3.68. The minimum atomic E-state index is 0.106. The standard InChI is InChI=1S/C44H28N4S2/c1-4-14-27(15-5-1)34-26-35(46-43(45-34)29-18-8-3-9-19-29)30-21-12-22-32-38-33(23-13-25-37(38)50-41(30)32)44-47-39(28-16-6-2-7-17-28)42-40(48-44)31-20-10-11-24-36(31)49-42/h1-26,37-38H. The predicted octanol–water partition coefficient (Wildman–Crippen LogP) is 11.5. The van der Waals surface area contributed by atoms with Crippen LogP contribution in [0, 0.1) is 0 Å². The number of hydrogen-bond donors (Lipinski definition) is 0. The molecule has 236 valence electrons. The lowest BCUT2D eigenvalue weighted by Crippen LogP contribution is -2.14. The van der Waals surface area contributed by atoms with Crippen LogP contribution in [-0.4, -0.2) is 25.2 Å². The third kappa shape index (κ3) is 4.91. The van der Waals surface area contributed by atoms with E-state index in [2.05, 4.69) is 133 Å². The van der Waals surface area contributed by atoms with Gasteiger partial charge in [0.15, 0.2) is 11.6 Å². The first-order chi connectivity index (χ1) is 24.8. The van der Waals surface area contributed by atoms with Crippen LogP contribution < -0.4 is 0 Å². The highest BCUT2D eigenvalue weighted by atomic mass is 32.2. The molecule has 2 unspecified atom stereocenters. The molecule has 0 amide bonds. The van der Waals surface area contributed by atoms with E-state index in [1.54, 1.807) is 11.3 Å². The van der Waals surface area contributed by atoms with Crippen molar-refractivity contribution in [3.05, 3.63) is 169 Å². The highest BCUT2D eigenvalue weighted by Crippen LogP contribution is 2.56. The molecule has 50 heavy (non-hydrogen) atoms. The molecular weight excluding hydrogens is 649 g/mol. The monoisotopic (exact) mass is 676 g/mol. The van der Waals surface area contributed by atoms with Gasteiger partial charge in [0.2, 0.25) is 0 Å². The summed E-state index contributed by atoms with van der Waals surface area (Å²) in [5, 5.41) is 1.39. The van der Waals surface area contributed by atoms with Gasteiger partial charge in [-0.05, 0) is 17.7 Å². The topological polar surface area (TPSA) is 51.6 Å². The number of allylic oxidation sites excluding steroid dienone is 3. The number of aromatic nitrogens is 4. The number of hydrogen-bond acceptors (Lipinski definition) is 6. The van der Waals surface area contributed by atoms with Crippen LogP contribution in [-0.2, 0) is 0 Å². The molecule has 0 N–H and O–H groups in total. The Bertz CT molecular complexity index is 2570. The van der Waals surface area contributed by atoms with Crippen molar-refractivity contribution in [1.29, 1.82) is 0 Å². The van der Waals surface area contributed by atoms with Crippen LogP contribution in [0.2, 0.25) is 0 Å². The van der Waals surface area contributed by atoms with Gasteiger partial charge in [0.1, 0.15) is 0 Å². The van der Waals surface area contributed by atoms with E-state index in [9.17, 15) is 0 Å². The first-order valence-electron chi connectivity index (χ1n) is 16.7. The summed E-state index contributed by atoms with van der Waals surface area (Å²) in [5.41, 5.74) is 10.6. The Balaban J connectivity index is 1.13. The van der Waals surface area contributed by atoms with Crippen LogP contribution in [0.1, 0.15) is 17.3 Å². The van der Waals surface area contributed by atoms with Crippen molar-refractivity contribution in [2.75, 3.05) is 0 Å². The molecule has 1 aliphatic carbocycles. The van der Waals surface area contributed by atoms with Gasteiger partial charge in [-0.25, -0.2) is 19.9 Å². The fourth-order valence-corrected chi connectivity index (χ4v) is 9.82. The summed E-state index contributed by atoms with van der Waals surface area (Å²) in [7, 11) is 0. The van der Waals surface area contributed by atoms with Crippen LogP contribution in [0.25, 0.3) is 71.0 Å². The molecular formula is C44H28N4S2.